The fourth-order valence-corrected chi connectivity index (χ4v) is 4.17. The number of nitrogens with one attached hydrogen (secondary N) is 1. The number of pyridine rings is 1. The summed E-state index contributed by atoms with van der Waals surface area (Å²) in [5, 5.41) is 3.62. The number of carbonyl (C=O) groups excluding carboxylic acids is 1. The third-order valence-electron chi connectivity index (χ3n) is 3.08. The highest BCUT2D eigenvalue weighted by Crippen LogP contribution is 2.31. The molecule has 3 rings (SSSR count). The molecule has 0 atom stereocenters. The van der Waals surface area contributed by atoms with Gasteiger partial charge in [-0.05, 0) is 30.7 Å². The van der Waals surface area contributed by atoms with E-state index in [0.29, 0.717) is 6.42 Å². The maximum absolute atomic E-state index is 12.0. The Morgan fingerprint density at radius 1 is 1.45 bits per heavy atom. The van der Waals surface area contributed by atoms with Crippen LogP contribution in [0.3, 0.4) is 0 Å². The number of thioether (sulfide) groups is 1. The highest BCUT2D eigenvalue weighted by molar-refractivity contribution is 7.98. The van der Waals surface area contributed by atoms with Gasteiger partial charge in [0.25, 0.3) is 0 Å². The zero-order valence-electron chi connectivity index (χ0n) is 11.2. The smallest absolute Gasteiger partial charge is 0.230 e. The predicted molar refractivity (Wildman–Crippen MR) is 83.3 cm³/mol. The Hall–Kier alpha value is -1.40. The Morgan fingerprint density at radius 3 is 3.10 bits per heavy atom. The molecule has 6 heteroatoms. The Bertz CT molecular complexity index is 598. The lowest BCUT2D eigenvalue weighted by molar-refractivity contribution is -0.115. The molecule has 0 saturated heterocycles. The molecule has 20 heavy (non-hydrogen) atoms. The molecule has 2 aromatic heterocycles. The van der Waals surface area contributed by atoms with Gasteiger partial charge in [-0.2, -0.15) is 11.8 Å². The third kappa shape index (κ3) is 3.19. The molecule has 0 aliphatic carbocycles. The zero-order valence-corrected chi connectivity index (χ0v) is 12.8. The van der Waals surface area contributed by atoms with Crippen molar-refractivity contribution >= 4 is 34.1 Å². The van der Waals surface area contributed by atoms with Gasteiger partial charge in [0.1, 0.15) is 0 Å². The number of anilines is 1. The molecule has 3 heterocycles. The summed E-state index contributed by atoms with van der Waals surface area (Å²) >= 11 is 3.52. The summed E-state index contributed by atoms with van der Waals surface area (Å²) in [6, 6.07) is 3.85. The van der Waals surface area contributed by atoms with Gasteiger partial charge in [-0.1, -0.05) is 6.07 Å². The first-order valence-corrected chi connectivity index (χ1v) is 8.45. The van der Waals surface area contributed by atoms with Crippen LogP contribution in [0.25, 0.3) is 0 Å². The topological polar surface area (TPSA) is 54.9 Å². The molecule has 104 valence electrons. The molecule has 1 N–H and O–H groups in total. The molecule has 0 bridgehead atoms. The number of amides is 1. The lowest BCUT2D eigenvalue weighted by atomic mass is 10.2. The average Bonchev–Trinajstić information content (AvgIpc) is 2.83. The highest BCUT2D eigenvalue weighted by Gasteiger charge is 2.16. The standard InChI is InChI=1S/C14H15N3OS2/c1-9-2-3-10(7-15-9)6-13(18)17-14-16-11-4-5-19-8-12(11)20-14/h2-3,7H,4-6,8H2,1H3,(H,16,17,18). The van der Waals surface area contributed by atoms with E-state index in [4.69, 9.17) is 0 Å². The molecule has 4 nitrogen and oxygen atoms in total. The molecule has 1 amide bonds. The SMILES string of the molecule is Cc1ccc(CC(=O)Nc2nc3c(s2)CSCC3)cn1. The van der Waals surface area contributed by atoms with Crippen LogP contribution in [-0.2, 0) is 23.4 Å². The number of hydrogen-bond donors (Lipinski definition) is 1. The van der Waals surface area contributed by atoms with Crippen LogP contribution in [0.5, 0.6) is 0 Å². The van der Waals surface area contributed by atoms with Crippen LogP contribution in [0.4, 0.5) is 5.13 Å². The van der Waals surface area contributed by atoms with Crippen molar-refractivity contribution in [1.29, 1.82) is 0 Å². The zero-order chi connectivity index (χ0) is 13.9. The molecule has 0 radical (unpaired) electrons. The Balaban J connectivity index is 1.63. The number of carbonyl (C=O) groups is 1. The number of rotatable bonds is 3. The lowest BCUT2D eigenvalue weighted by Gasteiger charge is -2.06. The van der Waals surface area contributed by atoms with Crippen LogP contribution in [0.15, 0.2) is 18.3 Å². The van der Waals surface area contributed by atoms with Gasteiger partial charge in [-0.3, -0.25) is 9.78 Å². The van der Waals surface area contributed by atoms with Crippen molar-refractivity contribution in [2.45, 2.75) is 25.5 Å². The van der Waals surface area contributed by atoms with Gasteiger partial charge in [-0.25, -0.2) is 4.98 Å². The largest absolute Gasteiger partial charge is 0.302 e. The maximum Gasteiger partial charge on any atom is 0.230 e. The molecular formula is C14H15N3OS2. The van der Waals surface area contributed by atoms with Gasteiger partial charge in [0.15, 0.2) is 5.13 Å². The van der Waals surface area contributed by atoms with Crippen LogP contribution < -0.4 is 5.32 Å². The van der Waals surface area contributed by atoms with Crippen LogP contribution in [-0.4, -0.2) is 21.6 Å². The second-order valence-electron chi connectivity index (χ2n) is 4.72. The van der Waals surface area contributed by atoms with Crippen LogP contribution in [0.2, 0.25) is 0 Å². The number of aromatic nitrogens is 2. The Morgan fingerprint density at radius 2 is 2.35 bits per heavy atom. The van der Waals surface area contributed by atoms with E-state index >= 15 is 0 Å². The first-order valence-electron chi connectivity index (χ1n) is 6.48. The number of hydrogen-bond acceptors (Lipinski definition) is 5. The predicted octanol–water partition coefficient (Wildman–Crippen LogP) is 2.82. The molecule has 0 aromatic carbocycles. The van der Waals surface area contributed by atoms with Crippen molar-refractivity contribution in [1.82, 2.24) is 9.97 Å². The minimum atomic E-state index is -0.0330. The van der Waals surface area contributed by atoms with Crippen molar-refractivity contribution in [3.05, 3.63) is 40.2 Å². The molecule has 1 aliphatic heterocycles. The lowest BCUT2D eigenvalue weighted by Crippen LogP contribution is -2.14. The molecule has 0 fully saturated rings. The summed E-state index contributed by atoms with van der Waals surface area (Å²) in [7, 11) is 0. The van der Waals surface area contributed by atoms with E-state index < -0.39 is 0 Å². The van der Waals surface area contributed by atoms with Crippen molar-refractivity contribution in [3.63, 3.8) is 0 Å². The molecular weight excluding hydrogens is 290 g/mol. The quantitative estimate of drug-likeness (QED) is 0.947. The average molecular weight is 305 g/mol. The summed E-state index contributed by atoms with van der Waals surface area (Å²) in [5.41, 5.74) is 3.03. The summed E-state index contributed by atoms with van der Waals surface area (Å²) in [6.07, 6.45) is 3.10. The maximum atomic E-state index is 12.0. The van der Waals surface area contributed by atoms with Crippen LogP contribution in [0.1, 0.15) is 21.8 Å². The van der Waals surface area contributed by atoms with Crippen LogP contribution in [0, 0.1) is 6.92 Å². The normalized spacial score (nSPS) is 13.8. The van der Waals surface area contributed by atoms with Crippen LogP contribution >= 0.6 is 23.1 Å². The minimum Gasteiger partial charge on any atom is -0.302 e. The number of aryl methyl sites for hydroxylation is 2. The van der Waals surface area contributed by atoms with Gasteiger partial charge < -0.3 is 5.32 Å². The van der Waals surface area contributed by atoms with E-state index in [9.17, 15) is 4.79 Å². The summed E-state index contributed by atoms with van der Waals surface area (Å²) < 4.78 is 0. The van der Waals surface area contributed by atoms with Crippen molar-refractivity contribution < 1.29 is 4.79 Å². The molecule has 0 spiro atoms. The third-order valence-corrected chi connectivity index (χ3v) is 5.26. The number of thiazole rings is 1. The summed E-state index contributed by atoms with van der Waals surface area (Å²) in [4.78, 5) is 22.0. The second-order valence-corrected chi connectivity index (χ2v) is 6.91. The Labute approximate surface area is 126 Å². The van der Waals surface area contributed by atoms with E-state index in [0.717, 1.165) is 40.0 Å². The summed E-state index contributed by atoms with van der Waals surface area (Å²) in [6.45, 7) is 1.93. The van der Waals surface area contributed by atoms with E-state index in [-0.39, 0.29) is 5.91 Å². The first kappa shape index (κ1) is 13.6. The van der Waals surface area contributed by atoms with E-state index in [2.05, 4.69) is 15.3 Å². The van der Waals surface area contributed by atoms with Crippen molar-refractivity contribution in [2.24, 2.45) is 0 Å². The van der Waals surface area contributed by atoms with Gasteiger partial charge in [0.2, 0.25) is 5.91 Å². The van der Waals surface area contributed by atoms with Gasteiger partial charge >= 0.3 is 0 Å². The number of nitrogens with zero attached hydrogens (tertiary/aromatic N) is 2. The van der Waals surface area contributed by atoms with Crippen molar-refractivity contribution in [2.75, 3.05) is 11.1 Å². The van der Waals surface area contributed by atoms with E-state index in [1.54, 1.807) is 17.5 Å². The van der Waals surface area contributed by atoms with Gasteiger partial charge in [-0.15, -0.1) is 11.3 Å². The fraction of sp³-hybridized carbons (Fsp3) is 0.357. The molecule has 0 saturated carbocycles. The van der Waals surface area contributed by atoms with E-state index in [1.807, 2.05) is 30.8 Å². The Kier molecular flexibility index (Phi) is 4.03. The summed E-state index contributed by atoms with van der Waals surface area (Å²) in [5.74, 6) is 2.11. The molecule has 1 aliphatic rings. The monoisotopic (exact) mass is 305 g/mol. The number of fused-ring (bicyclic) bond motifs is 1. The fourth-order valence-electron chi connectivity index (χ4n) is 2.03. The van der Waals surface area contributed by atoms with Crippen molar-refractivity contribution in [3.8, 4) is 0 Å². The minimum absolute atomic E-state index is 0.0330. The highest BCUT2D eigenvalue weighted by atomic mass is 32.2. The second kappa shape index (κ2) is 5.93. The van der Waals surface area contributed by atoms with Gasteiger partial charge in [0.05, 0.1) is 12.1 Å². The van der Waals surface area contributed by atoms with Gasteiger partial charge in [0, 0.05) is 22.5 Å². The first-order chi connectivity index (χ1) is 9.70. The molecule has 0 unspecified atom stereocenters. The molecule has 2 aromatic rings. The van der Waals surface area contributed by atoms with E-state index in [1.165, 1.54) is 4.88 Å².